The number of aliphatic hydroxyl groups is 2. The minimum Gasteiger partial charge on any atom is -0.490 e. The number of hydrogen-bond donors (Lipinski definition) is 2. The van der Waals surface area contributed by atoms with Crippen LogP contribution in [-0.2, 0) is 6.42 Å². The summed E-state index contributed by atoms with van der Waals surface area (Å²) in [6.45, 7) is 0.156. The average molecular weight is 357 g/mol. The molecule has 5 rings (SSSR count). The van der Waals surface area contributed by atoms with Crippen molar-refractivity contribution in [2.45, 2.75) is 82.3 Å². The first-order chi connectivity index (χ1) is 12.7. The highest BCUT2D eigenvalue weighted by molar-refractivity contribution is 5.41. The topological polar surface area (TPSA) is 49.7 Å². The van der Waals surface area contributed by atoms with Crippen molar-refractivity contribution in [1.29, 1.82) is 0 Å². The maximum absolute atomic E-state index is 10.6. The van der Waals surface area contributed by atoms with E-state index in [2.05, 4.69) is 18.2 Å². The Morgan fingerprint density at radius 3 is 2.69 bits per heavy atom. The number of ether oxygens (including phenoxy) is 1. The van der Waals surface area contributed by atoms with Crippen LogP contribution in [0, 0.1) is 17.3 Å². The molecule has 4 aliphatic rings. The van der Waals surface area contributed by atoms with Crippen LogP contribution < -0.4 is 4.74 Å². The third kappa shape index (κ3) is 2.54. The highest BCUT2D eigenvalue weighted by atomic mass is 16.5. The van der Waals surface area contributed by atoms with Gasteiger partial charge in [-0.2, -0.15) is 0 Å². The van der Waals surface area contributed by atoms with E-state index in [-0.39, 0.29) is 18.1 Å². The van der Waals surface area contributed by atoms with Crippen LogP contribution >= 0.6 is 0 Å². The molecule has 5 atom stereocenters. The van der Waals surface area contributed by atoms with Crippen molar-refractivity contribution in [1.82, 2.24) is 0 Å². The van der Waals surface area contributed by atoms with E-state index in [4.69, 9.17) is 4.74 Å². The van der Waals surface area contributed by atoms with E-state index in [1.165, 1.54) is 43.2 Å². The molecule has 3 heteroatoms. The van der Waals surface area contributed by atoms with Crippen LogP contribution in [0.5, 0.6) is 5.75 Å². The first-order valence-electron chi connectivity index (χ1n) is 10.8. The number of aryl methyl sites for hydroxylation is 1. The van der Waals surface area contributed by atoms with Crippen LogP contribution in [-0.4, -0.2) is 29.0 Å². The molecule has 0 unspecified atom stereocenters. The summed E-state index contributed by atoms with van der Waals surface area (Å²) in [5.74, 6) is 2.78. The fourth-order valence-corrected chi connectivity index (χ4v) is 6.92. The first-order valence-corrected chi connectivity index (χ1v) is 10.8. The van der Waals surface area contributed by atoms with Crippen LogP contribution in [0.4, 0.5) is 0 Å². The van der Waals surface area contributed by atoms with Gasteiger partial charge in [0.15, 0.2) is 0 Å². The molecule has 0 amide bonds. The van der Waals surface area contributed by atoms with E-state index in [1.807, 2.05) is 0 Å². The lowest BCUT2D eigenvalue weighted by molar-refractivity contribution is -0.0711. The normalized spacial score (nSPS) is 39.3. The molecule has 0 aliphatic heterocycles. The number of hydrogen-bond acceptors (Lipinski definition) is 3. The minimum absolute atomic E-state index is 0.156. The number of aliphatic hydroxyl groups excluding tert-OH is 2. The van der Waals surface area contributed by atoms with Crippen LogP contribution in [0.25, 0.3) is 0 Å². The predicted octanol–water partition coefficient (Wildman–Crippen LogP) is 4.20. The van der Waals surface area contributed by atoms with E-state index < -0.39 is 0 Å². The number of rotatable bonds is 3. The van der Waals surface area contributed by atoms with E-state index in [0.29, 0.717) is 23.9 Å². The van der Waals surface area contributed by atoms with E-state index in [0.717, 1.165) is 37.9 Å². The standard InChI is InChI=1S/C23H32O3/c24-14-23-12-11-19-18-8-6-17(26-16-3-1-2-4-16)13-15(18)5-7-20(19)21(23)9-10-22(23)25/h6,8,13,16,19-22,24-25H,1-5,7,9-12,14H2/t19-,20-,21+,22+,23-/m1/s1. The lowest BCUT2D eigenvalue weighted by atomic mass is 9.55. The van der Waals surface area contributed by atoms with Gasteiger partial charge >= 0.3 is 0 Å². The van der Waals surface area contributed by atoms with Gasteiger partial charge in [-0.1, -0.05) is 6.07 Å². The van der Waals surface area contributed by atoms with Crippen molar-refractivity contribution in [3.63, 3.8) is 0 Å². The molecule has 0 spiro atoms. The van der Waals surface area contributed by atoms with E-state index in [1.54, 1.807) is 0 Å². The Bertz CT molecular complexity index is 665. The summed E-state index contributed by atoms with van der Waals surface area (Å²) in [4.78, 5) is 0. The maximum Gasteiger partial charge on any atom is 0.120 e. The second-order valence-electron chi connectivity index (χ2n) is 9.32. The summed E-state index contributed by atoms with van der Waals surface area (Å²) in [6, 6.07) is 6.83. The Balaban J connectivity index is 1.39. The molecule has 1 aromatic rings. The van der Waals surface area contributed by atoms with Gasteiger partial charge in [-0.25, -0.2) is 0 Å². The van der Waals surface area contributed by atoms with Gasteiger partial charge in [0.1, 0.15) is 5.75 Å². The van der Waals surface area contributed by atoms with Crippen LogP contribution in [0.1, 0.15) is 74.8 Å². The zero-order valence-electron chi connectivity index (χ0n) is 15.7. The van der Waals surface area contributed by atoms with E-state index in [9.17, 15) is 10.2 Å². The van der Waals surface area contributed by atoms with Crippen molar-refractivity contribution in [2.75, 3.05) is 6.61 Å². The maximum atomic E-state index is 10.6. The molecule has 1 aromatic carbocycles. The monoisotopic (exact) mass is 356 g/mol. The molecule has 4 aliphatic carbocycles. The van der Waals surface area contributed by atoms with Gasteiger partial charge in [0.25, 0.3) is 0 Å². The third-order valence-electron chi connectivity index (χ3n) is 8.27. The zero-order valence-corrected chi connectivity index (χ0v) is 15.7. The Morgan fingerprint density at radius 2 is 1.88 bits per heavy atom. The molecule has 0 aromatic heterocycles. The summed E-state index contributed by atoms with van der Waals surface area (Å²) in [5, 5.41) is 20.7. The average Bonchev–Trinajstić information content (AvgIpc) is 3.29. The summed E-state index contributed by atoms with van der Waals surface area (Å²) in [5.41, 5.74) is 2.79. The molecule has 0 saturated heterocycles. The summed E-state index contributed by atoms with van der Waals surface area (Å²) < 4.78 is 6.23. The Kier molecular flexibility index (Phi) is 4.28. The van der Waals surface area contributed by atoms with Crippen molar-refractivity contribution in [3.05, 3.63) is 29.3 Å². The summed E-state index contributed by atoms with van der Waals surface area (Å²) >= 11 is 0. The Morgan fingerprint density at radius 1 is 1.04 bits per heavy atom. The van der Waals surface area contributed by atoms with Crippen LogP contribution in [0.2, 0.25) is 0 Å². The zero-order chi connectivity index (χ0) is 17.7. The Hall–Kier alpha value is -1.06. The summed E-state index contributed by atoms with van der Waals surface area (Å²) in [7, 11) is 0. The Labute approximate surface area is 156 Å². The van der Waals surface area contributed by atoms with Crippen LogP contribution in [0.15, 0.2) is 18.2 Å². The van der Waals surface area contributed by atoms with Crippen molar-refractivity contribution >= 4 is 0 Å². The minimum atomic E-state index is -0.304. The molecular weight excluding hydrogens is 324 g/mol. The molecule has 3 saturated carbocycles. The summed E-state index contributed by atoms with van der Waals surface area (Å²) in [6.07, 6.45) is 11.5. The molecule has 3 nitrogen and oxygen atoms in total. The second kappa shape index (κ2) is 6.53. The van der Waals surface area contributed by atoms with Gasteiger partial charge in [0.05, 0.1) is 18.8 Å². The SMILES string of the molecule is OC[C@]12CC[C@@H]3c4ccc(OC5CCCC5)cc4CC[C@H]3[C@@H]1CC[C@@H]2O. The third-order valence-corrected chi connectivity index (χ3v) is 8.27. The highest BCUT2D eigenvalue weighted by Gasteiger charge is 2.56. The molecule has 0 heterocycles. The van der Waals surface area contributed by atoms with Gasteiger partial charge in [0, 0.05) is 5.41 Å². The number of benzene rings is 1. The first kappa shape index (κ1) is 17.1. The predicted molar refractivity (Wildman–Crippen MR) is 101 cm³/mol. The lowest BCUT2D eigenvalue weighted by Crippen LogP contribution is -2.48. The molecular formula is C23H32O3. The molecule has 3 fully saturated rings. The van der Waals surface area contributed by atoms with Crippen LogP contribution in [0.3, 0.4) is 0 Å². The highest BCUT2D eigenvalue weighted by Crippen LogP contribution is 2.60. The fraction of sp³-hybridized carbons (Fsp3) is 0.739. The molecule has 0 radical (unpaired) electrons. The van der Waals surface area contributed by atoms with Gasteiger partial charge in [-0.15, -0.1) is 0 Å². The van der Waals surface area contributed by atoms with Crippen molar-refractivity contribution in [2.24, 2.45) is 17.3 Å². The molecule has 142 valence electrons. The second-order valence-corrected chi connectivity index (χ2v) is 9.32. The van der Waals surface area contributed by atoms with Gasteiger partial charge < -0.3 is 14.9 Å². The quantitative estimate of drug-likeness (QED) is 0.853. The van der Waals surface area contributed by atoms with Crippen molar-refractivity contribution < 1.29 is 14.9 Å². The van der Waals surface area contributed by atoms with Gasteiger partial charge in [-0.05, 0) is 105 Å². The molecule has 2 N–H and O–H groups in total. The van der Waals surface area contributed by atoms with Crippen molar-refractivity contribution in [3.8, 4) is 5.75 Å². The van der Waals surface area contributed by atoms with E-state index >= 15 is 0 Å². The molecule has 26 heavy (non-hydrogen) atoms. The fourth-order valence-electron chi connectivity index (χ4n) is 6.92. The molecule has 0 bridgehead atoms. The van der Waals surface area contributed by atoms with Gasteiger partial charge in [0.2, 0.25) is 0 Å². The van der Waals surface area contributed by atoms with Gasteiger partial charge in [-0.3, -0.25) is 0 Å². The lowest BCUT2D eigenvalue weighted by Gasteiger charge is -2.50. The largest absolute Gasteiger partial charge is 0.490 e. The smallest absolute Gasteiger partial charge is 0.120 e. The number of fused-ring (bicyclic) bond motifs is 5.